The van der Waals surface area contributed by atoms with E-state index in [1.165, 1.54) is 6.33 Å². The summed E-state index contributed by atoms with van der Waals surface area (Å²) in [4.78, 5) is 15.0. The molecule has 0 unspecified atom stereocenters. The summed E-state index contributed by atoms with van der Waals surface area (Å²) < 4.78 is 1.74. The number of carboxylic acid groups (broad SMARTS) is 1. The molecule has 96 valence electrons. The van der Waals surface area contributed by atoms with Crippen molar-refractivity contribution in [1.82, 2.24) is 14.8 Å². The molecule has 5 nitrogen and oxygen atoms in total. The molecule has 0 aliphatic heterocycles. The summed E-state index contributed by atoms with van der Waals surface area (Å²) in [5, 5.41) is 13.8. The summed E-state index contributed by atoms with van der Waals surface area (Å²) in [6.07, 6.45) is 4.16. The van der Waals surface area contributed by atoms with E-state index in [1.807, 2.05) is 7.05 Å². The second-order valence-corrected chi connectivity index (χ2v) is 5.72. The Labute approximate surface area is 106 Å². The summed E-state index contributed by atoms with van der Waals surface area (Å²) in [5.74, 6) is 0.223. The molecule has 1 rings (SSSR count). The number of nitrogens with zero attached hydrogens (tertiary/aromatic N) is 3. The molecule has 0 radical (unpaired) electrons. The van der Waals surface area contributed by atoms with E-state index in [9.17, 15) is 4.79 Å². The number of aryl methyl sites for hydroxylation is 1. The quantitative estimate of drug-likeness (QED) is 0.599. The molecular formula is C11H19N3O2S. The number of hydrogen-bond acceptors (Lipinski definition) is 4. The molecule has 0 atom stereocenters. The van der Waals surface area contributed by atoms with E-state index in [2.05, 4.69) is 10.1 Å². The molecule has 0 spiro atoms. The van der Waals surface area contributed by atoms with Crippen LogP contribution in [-0.4, -0.2) is 31.6 Å². The number of aliphatic carboxylic acids is 1. The number of carbonyl (C=O) groups is 1. The molecule has 0 aliphatic carbocycles. The summed E-state index contributed by atoms with van der Waals surface area (Å²) in [6.45, 7) is 3.54. The van der Waals surface area contributed by atoms with Gasteiger partial charge in [0.25, 0.3) is 0 Å². The molecule has 0 saturated heterocycles. The van der Waals surface area contributed by atoms with E-state index in [4.69, 9.17) is 5.11 Å². The van der Waals surface area contributed by atoms with Crippen molar-refractivity contribution >= 4 is 17.7 Å². The van der Waals surface area contributed by atoms with Crippen LogP contribution in [0, 0.1) is 5.41 Å². The summed E-state index contributed by atoms with van der Waals surface area (Å²) in [6, 6.07) is 0. The first-order chi connectivity index (χ1) is 7.93. The van der Waals surface area contributed by atoms with Gasteiger partial charge in [0, 0.05) is 12.8 Å². The highest BCUT2D eigenvalue weighted by Crippen LogP contribution is 2.24. The number of carboxylic acids is 1. The van der Waals surface area contributed by atoms with Gasteiger partial charge >= 0.3 is 5.97 Å². The Morgan fingerprint density at radius 2 is 2.24 bits per heavy atom. The van der Waals surface area contributed by atoms with Gasteiger partial charge in [-0.2, -0.15) is 5.10 Å². The lowest BCUT2D eigenvalue weighted by molar-refractivity contribution is -0.147. The van der Waals surface area contributed by atoms with Crippen LogP contribution in [0.15, 0.2) is 11.5 Å². The first-order valence-corrected chi connectivity index (χ1v) is 6.62. The van der Waals surface area contributed by atoms with Crippen molar-refractivity contribution in [1.29, 1.82) is 0 Å². The zero-order valence-electron chi connectivity index (χ0n) is 10.5. The molecule has 1 aromatic rings. The monoisotopic (exact) mass is 257 g/mol. The SMILES string of the molecule is Cn1ncnc1SCCCCC(C)(C)C(=O)O. The van der Waals surface area contributed by atoms with Crippen LogP contribution >= 0.6 is 11.8 Å². The molecule has 1 aromatic heterocycles. The van der Waals surface area contributed by atoms with Gasteiger partial charge in [-0.1, -0.05) is 18.2 Å². The van der Waals surface area contributed by atoms with Crippen molar-refractivity contribution in [2.24, 2.45) is 12.5 Å². The molecule has 1 heterocycles. The van der Waals surface area contributed by atoms with Gasteiger partial charge in [-0.15, -0.1) is 0 Å². The topological polar surface area (TPSA) is 68.0 Å². The highest BCUT2D eigenvalue weighted by Gasteiger charge is 2.25. The average Bonchev–Trinajstić information content (AvgIpc) is 2.63. The Morgan fingerprint density at radius 1 is 1.53 bits per heavy atom. The second kappa shape index (κ2) is 6.05. The highest BCUT2D eigenvalue weighted by atomic mass is 32.2. The molecule has 0 amide bonds. The fourth-order valence-corrected chi connectivity index (χ4v) is 2.24. The molecule has 6 heteroatoms. The number of thioether (sulfide) groups is 1. The van der Waals surface area contributed by atoms with Crippen molar-refractivity contribution < 1.29 is 9.90 Å². The molecule has 0 bridgehead atoms. The van der Waals surface area contributed by atoms with Crippen LogP contribution in [0.5, 0.6) is 0 Å². The standard InChI is InChI=1S/C11H19N3O2S/c1-11(2,9(15)16)6-4-5-7-17-10-12-8-13-14(10)3/h8H,4-7H2,1-3H3,(H,15,16). The molecule has 0 saturated carbocycles. The van der Waals surface area contributed by atoms with Crippen molar-refractivity contribution in [2.75, 3.05) is 5.75 Å². The Hall–Kier alpha value is -1.04. The number of unbranched alkanes of at least 4 members (excludes halogenated alkanes) is 1. The van der Waals surface area contributed by atoms with Crippen LogP contribution in [0.3, 0.4) is 0 Å². The number of aromatic nitrogens is 3. The summed E-state index contributed by atoms with van der Waals surface area (Å²) >= 11 is 1.65. The van der Waals surface area contributed by atoms with E-state index in [1.54, 1.807) is 30.3 Å². The van der Waals surface area contributed by atoms with Crippen molar-refractivity contribution in [3.63, 3.8) is 0 Å². The summed E-state index contributed by atoms with van der Waals surface area (Å²) in [7, 11) is 1.86. The number of rotatable bonds is 7. The maximum absolute atomic E-state index is 10.9. The molecule has 0 aromatic carbocycles. The maximum atomic E-state index is 10.9. The van der Waals surface area contributed by atoms with Crippen LogP contribution in [-0.2, 0) is 11.8 Å². The van der Waals surface area contributed by atoms with Crippen molar-refractivity contribution in [3.8, 4) is 0 Å². The molecule has 0 aliphatic rings. The minimum Gasteiger partial charge on any atom is -0.481 e. The first-order valence-electron chi connectivity index (χ1n) is 5.63. The van der Waals surface area contributed by atoms with Crippen LogP contribution < -0.4 is 0 Å². The molecular weight excluding hydrogens is 238 g/mol. The minimum absolute atomic E-state index is 0.616. The van der Waals surface area contributed by atoms with Crippen LogP contribution in [0.25, 0.3) is 0 Å². The van der Waals surface area contributed by atoms with E-state index in [-0.39, 0.29) is 0 Å². The van der Waals surface area contributed by atoms with Gasteiger partial charge in [-0.3, -0.25) is 4.79 Å². The predicted octanol–water partition coefficient (Wildman–Crippen LogP) is 2.19. The lowest BCUT2D eigenvalue weighted by Crippen LogP contribution is -2.23. The van der Waals surface area contributed by atoms with Gasteiger partial charge in [-0.05, 0) is 26.7 Å². The van der Waals surface area contributed by atoms with E-state index in [0.29, 0.717) is 6.42 Å². The van der Waals surface area contributed by atoms with Crippen molar-refractivity contribution in [3.05, 3.63) is 6.33 Å². The molecule has 17 heavy (non-hydrogen) atoms. The third kappa shape index (κ3) is 4.38. The van der Waals surface area contributed by atoms with Gasteiger partial charge in [-0.25, -0.2) is 9.67 Å². The van der Waals surface area contributed by atoms with Gasteiger partial charge in [0.05, 0.1) is 5.41 Å². The minimum atomic E-state index is -0.724. The van der Waals surface area contributed by atoms with E-state index < -0.39 is 11.4 Å². The largest absolute Gasteiger partial charge is 0.481 e. The van der Waals surface area contributed by atoms with Crippen LogP contribution in [0.2, 0.25) is 0 Å². The maximum Gasteiger partial charge on any atom is 0.309 e. The van der Waals surface area contributed by atoms with Crippen LogP contribution in [0.4, 0.5) is 0 Å². The third-order valence-electron chi connectivity index (χ3n) is 2.68. The van der Waals surface area contributed by atoms with Crippen molar-refractivity contribution in [2.45, 2.75) is 38.3 Å². The predicted molar refractivity (Wildman–Crippen MR) is 67.0 cm³/mol. The van der Waals surface area contributed by atoms with Crippen LogP contribution in [0.1, 0.15) is 33.1 Å². The normalized spacial score (nSPS) is 11.7. The average molecular weight is 257 g/mol. The fourth-order valence-electron chi connectivity index (χ4n) is 1.36. The zero-order chi connectivity index (χ0) is 12.9. The Balaban J connectivity index is 2.17. The molecule has 1 N–H and O–H groups in total. The summed E-state index contributed by atoms with van der Waals surface area (Å²) in [5.41, 5.74) is -0.616. The third-order valence-corrected chi connectivity index (χ3v) is 3.80. The highest BCUT2D eigenvalue weighted by molar-refractivity contribution is 7.99. The molecule has 0 fully saturated rings. The second-order valence-electron chi connectivity index (χ2n) is 4.66. The lowest BCUT2D eigenvalue weighted by Gasteiger charge is -2.18. The first kappa shape index (κ1) is 14.0. The Kier molecular flexibility index (Phi) is 4.99. The Morgan fingerprint density at radius 3 is 2.76 bits per heavy atom. The van der Waals surface area contributed by atoms with Gasteiger partial charge in [0.2, 0.25) is 0 Å². The van der Waals surface area contributed by atoms with Gasteiger partial charge < -0.3 is 5.11 Å². The smallest absolute Gasteiger partial charge is 0.309 e. The van der Waals surface area contributed by atoms with Gasteiger partial charge in [0.1, 0.15) is 6.33 Å². The zero-order valence-corrected chi connectivity index (χ0v) is 11.3. The Bertz CT molecular complexity index is 377. The van der Waals surface area contributed by atoms with Gasteiger partial charge in [0.15, 0.2) is 5.16 Å². The fraction of sp³-hybridized carbons (Fsp3) is 0.727. The lowest BCUT2D eigenvalue weighted by atomic mass is 9.88. The number of hydrogen-bond donors (Lipinski definition) is 1. The van der Waals surface area contributed by atoms with E-state index >= 15 is 0 Å². The van der Waals surface area contributed by atoms with E-state index in [0.717, 1.165) is 23.8 Å².